The number of amides is 8. The van der Waals surface area contributed by atoms with E-state index in [-0.39, 0.29) is 127 Å². The summed E-state index contributed by atoms with van der Waals surface area (Å²) in [5, 5.41) is 14.7. The fourth-order valence-electron chi connectivity index (χ4n) is 15.6. The Labute approximate surface area is 643 Å². The number of hydrogen-bond donors (Lipinski definition) is 5. The van der Waals surface area contributed by atoms with E-state index < -0.39 is 120 Å². The molecule has 6 aliphatic heterocycles. The summed E-state index contributed by atoms with van der Waals surface area (Å²) < 4.78 is 36.0. The molecule has 7 heterocycles. The fraction of sp³-hybridized carbons (Fsp3) is 0.548. The van der Waals surface area contributed by atoms with Gasteiger partial charge in [-0.25, -0.2) is 4.39 Å². The number of ketones is 4. The highest BCUT2D eigenvalue weighted by Gasteiger charge is 2.49. The molecule has 11 rings (SSSR count). The Morgan fingerprint density at radius 3 is 2.15 bits per heavy atom. The van der Waals surface area contributed by atoms with Crippen LogP contribution in [0.5, 0.6) is 5.75 Å². The van der Waals surface area contributed by atoms with E-state index in [1.807, 2.05) is 56.2 Å². The molecule has 0 spiro atoms. The molecule has 5 N–H and O–H groups in total. The predicted octanol–water partition coefficient (Wildman–Crippen LogP) is 6.69. The summed E-state index contributed by atoms with van der Waals surface area (Å²) in [5.41, 5.74) is 3.46. The maximum atomic E-state index is 16.2. The maximum Gasteiger partial charge on any atom is 0.246 e. The number of benzene rings is 4. The van der Waals surface area contributed by atoms with Crippen LogP contribution >= 0.6 is 0 Å². The molecule has 4 aromatic carbocycles. The first-order chi connectivity index (χ1) is 52.6. The number of carbonyl (C=O) groups is 12. The van der Waals surface area contributed by atoms with Gasteiger partial charge in [0.05, 0.1) is 59.2 Å². The monoisotopic (exact) mass is 1520 g/mol. The predicted molar refractivity (Wildman–Crippen MR) is 409 cm³/mol. The van der Waals surface area contributed by atoms with Gasteiger partial charge in [0.25, 0.3) is 0 Å². The van der Waals surface area contributed by atoms with Gasteiger partial charge < -0.3 is 64.5 Å². The van der Waals surface area contributed by atoms with Crippen molar-refractivity contribution in [3.63, 3.8) is 0 Å². The quantitative estimate of drug-likeness (QED) is 0.0642. The highest BCUT2D eigenvalue weighted by Crippen LogP contribution is 2.35. The van der Waals surface area contributed by atoms with Crippen molar-refractivity contribution in [2.24, 2.45) is 11.8 Å². The van der Waals surface area contributed by atoms with Gasteiger partial charge in [-0.15, -0.1) is 0 Å². The number of nitrogens with zero attached hydrogens (tertiary/aromatic N) is 5. The minimum absolute atomic E-state index is 0.00266. The standard InChI is InChI=1S/C84H109FN10O15/c1-54-43-65(97)27-32-76(101)92-37-11-9-8-10-36-91-52-62(67-49-63(85)25-31-71(67)91)47-61-48-72(98)69(89-80(104)68(88-78(54)102)30-26-64(96)34-41-109-42-40-95(4,5)6)46-59-16-12-17-60(44-59)50-86-75(100)53-110-73-33-39-93(82(61)106)77(73)81(105)87-55(2)79(103)90-70(45-57-23-28-66(108-7)29-24-57)83(107)94-38-14-35-84(94,3)74(99)18-13-15-56-19-21-58(51-92)22-20-56/h12,16-17,19-25,28-29,31,44,49,52,54-55,61,68-70,73,77H,8-11,13-15,18,26-27,30,32-43,45-48,50-51,53H2,1-7H3,(H4-,86,87,88,89,90,100,102,103,104,105)/p+1/t54-,55+,61-,68-,69+,70+,73+,77+,84+/m1/s1. The molecule has 0 radical (unpaired) electrons. The molecule has 0 aliphatic carbocycles. The largest absolute Gasteiger partial charge is 0.497 e. The number of likely N-dealkylation sites (N-methyl/N-ethyl adjacent to an activating group) is 1. The maximum absolute atomic E-state index is 16.2. The van der Waals surface area contributed by atoms with Crippen molar-refractivity contribution in [2.75, 3.05) is 74.3 Å². The summed E-state index contributed by atoms with van der Waals surface area (Å²) in [5.74, 6) is -9.10. The van der Waals surface area contributed by atoms with E-state index in [1.165, 1.54) is 38.0 Å². The molecule has 592 valence electrons. The minimum atomic E-state index is -1.55. The van der Waals surface area contributed by atoms with Crippen LogP contribution in [0.2, 0.25) is 0 Å². The molecule has 5 aromatic rings. The van der Waals surface area contributed by atoms with E-state index in [0.717, 1.165) is 11.1 Å². The summed E-state index contributed by atoms with van der Waals surface area (Å²) in [6, 6.07) is 19.0. The lowest BCUT2D eigenvalue weighted by atomic mass is 9.88. The molecule has 0 saturated carbocycles. The first-order valence-corrected chi connectivity index (χ1v) is 39.1. The molecule has 9 atom stereocenters. The van der Waals surface area contributed by atoms with Crippen molar-refractivity contribution < 1.29 is 80.6 Å². The van der Waals surface area contributed by atoms with Gasteiger partial charge in [0, 0.05) is 120 Å². The van der Waals surface area contributed by atoms with Crippen molar-refractivity contribution in [1.82, 2.24) is 45.9 Å². The van der Waals surface area contributed by atoms with E-state index in [9.17, 15) is 33.6 Å². The third-order valence-electron chi connectivity index (χ3n) is 22.2. The molecular weight excluding hydrogens is 1410 g/mol. The van der Waals surface area contributed by atoms with Crippen LogP contribution < -0.4 is 31.3 Å². The second-order valence-electron chi connectivity index (χ2n) is 31.7. The average Bonchev–Trinajstić information content (AvgIpc) is 1.62. The average molecular weight is 1520 g/mol. The van der Waals surface area contributed by atoms with Crippen LogP contribution in [-0.2, 0) is 112 Å². The van der Waals surface area contributed by atoms with Crippen LogP contribution in [0, 0.1) is 17.7 Å². The topological polar surface area (TPSA) is 307 Å². The Bertz CT molecular complexity index is 4160. The lowest BCUT2D eigenvalue weighted by Gasteiger charge is -2.37. The summed E-state index contributed by atoms with van der Waals surface area (Å²) in [6.45, 7) is 6.44. The number of aryl methyl sites for hydroxylation is 2. The summed E-state index contributed by atoms with van der Waals surface area (Å²) in [7, 11) is 7.57. The molecule has 8 amide bonds. The molecule has 26 heteroatoms. The SMILES string of the molecule is COc1ccc(C[C@@H]2NC(=O)[C@H](C)NC(=O)[C@@H]3[C@@H]4CCN3C(=O)[C@H]3CC(=O)[C@H](Cc5cccc(c5)CNC(=O)CO4)NC(=O)[C@@H](CCC(=O)CCOCC[N+](C)(C)C)NC(=O)[C@H](C)CC(=O)CCC(=O)N(CCCCCCn4cc(c5cc(F)ccc54)C3)Cc3ccc(cc3)CCCC(=O)[C@]3(C)CCCN3C2=O)cc1. The van der Waals surface area contributed by atoms with Gasteiger partial charge in [0.15, 0.2) is 11.6 Å². The van der Waals surface area contributed by atoms with Gasteiger partial charge in [-0.05, 0) is 142 Å². The molecule has 2 saturated heterocycles. The highest BCUT2D eigenvalue weighted by atomic mass is 19.1. The molecule has 0 unspecified atom stereocenters. The Morgan fingerprint density at radius 2 is 1.40 bits per heavy atom. The molecule has 2 fully saturated rings. The minimum Gasteiger partial charge on any atom is -0.497 e. The third-order valence-corrected chi connectivity index (χ3v) is 22.2. The number of rotatable bonds is 12. The van der Waals surface area contributed by atoms with Gasteiger partial charge in [-0.1, -0.05) is 80.4 Å². The molecular formula is C84H110FN10O15+. The van der Waals surface area contributed by atoms with Gasteiger partial charge in [-0.3, -0.25) is 57.5 Å². The highest BCUT2D eigenvalue weighted by molar-refractivity contribution is 6.00. The zero-order chi connectivity index (χ0) is 78.8. The molecule has 12 bridgehead atoms. The van der Waals surface area contributed by atoms with Crippen LogP contribution in [0.4, 0.5) is 4.39 Å². The smallest absolute Gasteiger partial charge is 0.246 e. The normalized spacial score (nSPS) is 25.1. The number of ether oxygens (including phenoxy) is 3. The second-order valence-corrected chi connectivity index (χ2v) is 31.7. The second kappa shape index (κ2) is 38.4. The third kappa shape index (κ3) is 22.6. The van der Waals surface area contributed by atoms with Gasteiger partial charge in [0.2, 0.25) is 47.3 Å². The van der Waals surface area contributed by atoms with Crippen molar-refractivity contribution in [3.8, 4) is 5.75 Å². The van der Waals surface area contributed by atoms with E-state index >= 15 is 28.4 Å². The van der Waals surface area contributed by atoms with Gasteiger partial charge >= 0.3 is 0 Å². The number of aromatic nitrogens is 1. The number of quaternary nitrogens is 1. The van der Waals surface area contributed by atoms with E-state index in [1.54, 1.807) is 71.3 Å². The summed E-state index contributed by atoms with van der Waals surface area (Å²) in [6.07, 6.45) is 3.31. The van der Waals surface area contributed by atoms with Gasteiger partial charge in [0.1, 0.15) is 60.5 Å². The number of nitrogens with one attached hydrogen (secondary N) is 5. The Kier molecular flexibility index (Phi) is 29.0. The number of fused-ring (bicyclic) bond motifs is 16. The summed E-state index contributed by atoms with van der Waals surface area (Å²) in [4.78, 5) is 183. The van der Waals surface area contributed by atoms with Crippen molar-refractivity contribution in [2.45, 2.75) is 211 Å². The Balaban J connectivity index is 1.06. The van der Waals surface area contributed by atoms with Crippen molar-refractivity contribution in [1.29, 1.82) is 0 Å². The first kappa shape index (κ1) is 83.0. The lowest BCUT2D eigenvalue weighted by Crippen LogP contribution is -2.60. The van der Waals surface area contributed by atoms with E-state index in [2.05, 4.69) is 26.6 Å². The first-order valence-electron chi connectivity index (χ1n) is 39.1. The van der Waals surface area contributed by atoms with Crippen molar-refractivity contribution >= 4 is 81.3 Å². The molecule has 25 nitrogen and oxygen atoms in total. The van der Waals surface area contributed by atoms with Gasteiger partial charge in [-0.2, -0.15) is 0 Å². The number of methoxy groups -OCH3 is 1. The van der Waals surface area contributed by atoms with Crippen LogP contribution in [0.25, 0.3) is 10.9 Å². The Morgan fingerprint density at radius 1 is 0.664 bits per heavy atom. The molecule has 6 aliphatic rings. The zero-order valence-electron chi connectivity index (χ0n) is 64.8. The Hall–Kier alpha value is -9.53. The number of hydrogen-bond acceptors (Lipinski definition) is 15. The number of Topliss-reactive ketones (excluding diaryl/α,β-unsaturated/α-hetero) is 4. The van der Waals surface area contributed by atoms with Crippen LogP contribution in [0.15, 0.2) is 97.2 Å². The van der Waals surface area contributed by atoms with Crippen molar-refractivity contribution in [3.05, 3.63) is 136 Å². The van der Waals surface area contributed by atoms with Crippen LogP contribution in [-0.4, -0.2) is 210 Å². The zero-order valence-corrected chi connectivity index (χ0v) is 64.8. The van der Waals surface area contributed by atoms with E-state index in [4.69, 9.17) is 14.2 Å². The van der Waals surface area contributed by atoms with E-state index in [0.29, 0.717) is 121 Å². The van der Waals surface area contributed by atoms with Crippen LogP contribution in [0.1, 0.15) is 157 Å². The molecule has 1 aromatic heterocycles. The number of carbonyl (C=O) groups excluding carboxylic acids is 12. The summed E-state index contributed by atoms with van der Waals surface area (Å²) >= 11 is 0. The van der Waals surface area contributed by atoms with Crippen LogP contribution in [0.3, 0.4) is 0 Å². The molecule has 110 heavy (non-hydrogen) atoms. The fourth-order valence-corrected chi connectivity index (χ4v) is 15.6. The lowest BCUT2D eigenvalue weighted by molar-refractivity contribution is -0.870. The number of halogens is 1.